The molecule has 0 heterocycles. The second-order valence-electron chi connectivity index (χ2n) is 23.8. The van der Waals surface area contributed by atoms with Gasteiger partial charge >= 0.3 is 17.9 Å². The van der Waals surface area contributed by atoms with Crippen molar-refractivity contribution in [1.82, 2.24) is 0 Å². The molecule has 0 bridgehead atoms. The predicted molar refractivity (Wildman–Crippen MR) is 353 cm³/mol. The van der Waals surface area contributed by atoms with Crippen LogP contribution in [-0.4, -0.2) is 37.2 Å². The van der Waals surface area contributed by atoms with E-state index in [4.69, 9.17) is 14.2 Å². The molecule has 0 radical (unpaired) electrons. The lowest BCUT2D eigenvalue weighted by Crippen LogP contribution is -2.30. The van der Waals surface area contributed by atoms with Gasteiger partial charge in [-0.1, -0.05) is 325 Å². The van der Waals surface area contributed by atoms with Gasteiger partial charge in [0.2, 0.25) is 0 Å². The summed E-state index contributed by atoms with van der Waals surface area (Å²) in [7, 11) is 0. The smallest absolute Gasteiger partial charge is 0.306 e. The number of allylic oxidation sites excluding steroid dienone is 12. The third-order valence-corrected chi connectivity index (χ3v) is 15.7. The summed E-state index contributed by atoms with van der Waals surface area (Å²) in [5.41, 5.74) is 0. The molecule has 0 aliphatic heterocycles. The fourth-order valence-electron chi connectivity index (χ4n) is 10.4. The van der Waals surface area contributed by atoms with Crippen molar-refractivity contribution in [3.63, 3.8) is 0 Å². The van der Waals surface area contributed by atoms with E-state index in [-0.39, 0.29) is 37.5 Å². The highest BCUT2D eigenvalue weighted by Crippen LogP contribution is 2.18. The van der Waals surface area contributed by atoms with Crippen LogP contribution >= 0.6 is 0 Å². The molecule has 0 rings (SSSR count). The fraction of sp³-hybridized carbons (Fsp3) is 0.800. The van der Waals surface area contributed by atoms with Crippen molar-refractivity contribution < 1.29 is 28.6 Å². The Balaban J connectivity index is 4.24. The van der Waals surface area contributed by atoms with E-state index in [9.17, 15) is 14.4 Å². The van der Waals surface area contributed by atoms with Gasteiger partial charge in [0.25, 0.3) is 0 Å². The maximum absolute atomic E-state index is 12.9. The summed E-state index contributed by atoms with van der Waals surface area (Å²) in [6.45, 7) is 6.51. The van der Waals surface area contributed by atoms with E-state index in [1.807, 2.05) is 6.08 Å². The molecule has 0 aromatic heterocycles. The third-order valence-electron chi connectivity index (χ3n) is 15.7. The van der Waals surface area contributed by atoms with E-state index in [1.54, 1.807) is 0 Å². The van der Waals surface area contributed by atoms with Gasteiger partial charge in [-0.05, 0) is 96.3 Å². The summed E-state index contributed by atoms with van der Waals surface area (Å²) in [5.74, 6) is -0.964. The third kappa shape index (κ3) is 67.5. The molecule has 0 aliphatic rings. The second-order valence-corrected chi connectivity index (χ2v) is 23.8. The number of hydrogen-bond donors (Lipinski definition) is 0. The van der Waals surface area contributed by atoms with Crippen molar-refractivity contribution in [2.45, 2.75) is 374 Å². The first-order chi connectivity index (χ1) is 40.0. The molecule has 81 heavy (non-hydrogen) atoms. The van der Waals surface area contributed by atoms with E-state index in [2.05, 4.69) is 87.6 Å². The van der Waals surface area contributed by atoms with E-state index in [0.29, 0.717) is 19.3 Å². The summed E-state index contributed by atoms with van der Waals surface area (Å²) in [4.78, 5) is 38.3. The van der Waals surface area contributed by atoms with Crippen molar-refractivity contribution in [3.8, 4) is 0 Å². The number of hydrogen-bond acceptors (Lipinski definition) is 6. The van der Waals surface area contributed by atoms with Gasteiger partial charge in [-0.2, -0.15) is 0 Å². The molecule has 0 aromatic carbocycles. The van der Waals surface area contributed by atoms with Gasteiger partial charge in [0, 0.05) is 19.3 Å². The van der Waals surface area contributed by atoms with Crippen molar-refractivity contribution in [3.05, 3.63) is 72.9 Å². The fourth-order valence-corrected chi connectivity index (χ4v) is 10.4. The minimum absolute atomic E-state index is 0.0952. The molecule has 0 aliphatic carbocycles. The average molecular weight is 1130 g/mol. The Bertz CT molecular complexity index is 1490. The van der Waals surface area contributed by atoms with Crippen molar-refractivity contribution in [1.29, 1.82) is 0 Å². The van der Waals surface area contributed by atoms with E-state index in [0.717, 1.165) is 64.2 Å². The van der Waals surface area contributed by atoms with Crippen LogP contribution in [-0.2, 0) is 28.6 Å². The van der Waals surface area contributed by atoms with Crippen LogP contribution in [0.25, 0.3) is 0 Å². The molecule has 470 valence electrons. The molecular weight excluding hydrogens is 997 g/mol. The van der Waals surface area contributed by atoms with Crippen LogP contribution in [0.4, 0.5) is 0 Å². The molecule has 0 N–H and O–H groups in total. The Morgan fingerprint density at radius 1 is 0.259 bits per heavy atom. The summed E-state index contributed by atoms with van der Waals surface area (Å²) in [6.07, 6.45) is 91.0. The molecule has 6 nitrogen and oxygen atoms in total. The van der Waals surface area contributed by atoms with Crippen molar-refractivity contribution in [2.24, 2.45) is 0 Å². The SMILES string of the molecule is CC/C=C\C/C=C\C/C=C\C/C=C\CCC(=O)OCC(COC(=O)CCCCCCCCCCCCCCCCCCC/C=C\CCCCCCCCCC)OC(=O)CCCCCCCCCCC/C=C\CCCCCCCCCC. The van der Waals surface area contributed by atoms with Crippen LogP contribution in [0.3, 0.4) is 0 Å². The monoisotopic (exact) mass is 1130 g/mol. The lowest BCUT2D eigenvalue weighted by atomic mass is 10.0. The molecule has 0 fully saturated rings. The Morgan fingerprint density at radius 2 is 0.506 bits per heavy atom. The number of rotatable bonds is 65. The van der Waals surface area contributed by atoms with Gasteiger partial charge in [0.1, 0.15) is 13.2 Å². The van der Waals surface area contributed by atoms with Gasteiger partial charge < -0.3 is 14.2 Å². The second kappa shape index (κ2) is 69.3. The number of carbonyl (C=O) groups excluding carboxylic acids is 3. The maximum atomic E-state index is 12.9. The summed E-state index contributed by atoms with van der Waals surface area (Å²) in [6, 6.07) is 0. The van der Waals surface area contributed by atoms with Gasteiger partial charge in [-0.25, -0.2) is 0 Å². The Labute approximate surface area is 503 Å². The molecule has 0 saturated heterocycles. The van der Waals surface area contributed by atoms with Crippen LogP contribution in [0.1, 0.15) is 367 Å². The normalized spacial score (nSPS) is 12.5. The van der Waals surface area contributed by atoms with Crippen molar-refractivity contribution in [2.75, 3.05) is 13.2 Å². The summed E-state index contributed by atoms with van der Waals surface area (Å²) < 4.78 is 16.9. The molecule has 0 aromatic rings. The lowest BCUT2D eigenvalue weighted by molar-refractivity contribution is -0.166. The number of ether oxygens (including phenoxy) is 3. The molecule has 6 heteroatoms. The Hall–Kier alpha value is -3.15. The van der Waals surface area contributed by atoms with Crippen LogP contribution in [0.2, 0.25) is 0 Å². The number of esters is 3. The van der Waals surface area contributed by atoms with Gasteiger partial charge in [0.15, 0.2) is 6.10 Å². The first kappa shape index (κ1) is 77.9. The number of unbranched alkanes of at least 4 members (excludes halogenated alkanes) is 42. The van der Waals surface area contributed by atoms with E-state index in [1.165, 1.54) is 257 Å². The minimum Gasteiger partial charge on any atom is -0.462 e. The summed E-state index contributed by atoms with van der Waals surface area (Å²) in [5, 5.41) is 0. The molecule has 0 saturated carbocycles. The molecular formula is C75H134O6. The highest BCUT2D eigenvalue weighted by atomic mass is 16.6. The average Bonchev–Trinajstić information content (AvgIpc) is 3.46. The van der Waals surface area contributed by atoms with Gasteiger partial charge in [-0.3, -0.25) is 14.4 Å². The highest BCUT2D eigenvalue weighted by molar-refractivity contribution is 5.71. The molecule has 1 atom stereocenters. The first-order valence-corrected chi connectivity index (χ1v) is 35.4. The Kier molecular flexibility index (Phi) is 66.6. The van der Waals surface area contributed by atoms with E-state index >= 15 is 0 Å². The quantitative estimate of drug-likeness (QED) is 0.0261. The van der Waals surface area contributed by atoms with Crippen molar-refractivity contribution >= 4 is 17.9 Å². The first-order valence-electron chi connectivity index (χ1n) is 35.4. The highest BCUT2D eigenvalue weighted by Gasteiger charge is 2.19. The zero-order valence-corrected chi connectivity index (χ0v) is 54.1. The predicted octanol–water partition coefficient (Wildman–Crippen LogP) is 24.4. The van der Waals surface area contributed by atoms with Crippen LogP contribution in [0, 0.1) is 0 Å². The molecule has 1 unspecified atom stereocenters. The van der Waals surface area contributed by atoms with Gasteiger partial charge in [0.05, 0.1) is 0 Å². The van der Waals surface area contributed by atoms with Crippen LogP contribution < -0.4 is 0 Å². The maximum Gasteiger partial charge on any atom is 0.306 e. The minimum atomic E-state index is -0.806. The van der Waals surface area contributed by atoms with Crippen LogP contribution in [0.5, 0.6) is 0 Å². The standard InChI is InChI=1S/C75H134O6/c1-4-7-10-13-16-19-22-25-27-29-31-33-34-35-36-37-38-39-40-42-43-45-47-50-53-56-59-62-65-68-74(77)80-71-72(70-79-73(76)67-64-61-58-55-52-49-24-21-18-15-12-9-6-3)81-75(78)69-66-63-60-57-54-51-48-46-44-41-32-30-28-26-23-20-17-14-11-8-5-2/h9,12,18,21,29-32,49,52,58,61,72H,4-8,10-11,13-17,19-20,22-28,33-48,50-51,53-57,59-60,62-71H2,1-3H3/b12-9-,21-18-,31-29-,32-30-,52-49-,61-58-. The topological polar surface area (TPSA) is 78.9 Å². The largest absolute Gasteiger partial charge is 0.462 e. The zero-order chi connectivity index (χ0) is 58.5. The molecule has 0 amide bonds. The number of carbonyl (C=O) groups is 3. The lowest BCUT2D eigenvalue weighted by Gasteiger charge is -2.18. The van der Waals surface area contributed by atoms with Gasteiger partial charge in [-0.15, -0.1) is 0 Å². The summed E-state index contributed by atoms with van der Waals surface area (Å²) >= 11 is 0. The molecule has 0 spiro atoms. The van der Waals surface area contributed by atoms with E-state index < -0.39 is 6.10 Å². The van der Waals surface area contributed by atoms with Crippen LogP contribution in [0.15, 0.2) is 72.9 Å². The Morgan fingerprint density at radius 3 is 0.827 bits per heavy atom. The zero-order valence-electron chi connectivity index (χ0n) is 54.1.